The third-order valence-corrected chi connectivity index (χ3v) is 19.6. The second kappa shape index (κ2) is 18.3. The molecular formula is C48H76O20. The Balaban J connectivity index is 1.11. The Kier molecular flexibility index (Phi) is 14.1. The van der Waals surface area contributed by atoms with E-state index in [9.17, 15) is 70.9 Å². The Labute approximate surface area is 396 Å². The van der Waals surface area contributed by atoms with E-state index < -0.39 is 156 Å². The topological polar surface area (TPSA) is 332 Å². The zero-order valence-electron chi connectivity index (χ0n) is 40.0. The molecule has 7 fully saturated rings. The van der Waals surface area contributed by atoms with Gasteiger partial charge in [-0.1, -0.05) is 53.2 Å². The number of aliphatic hydroxyl groups is 11. The van der Waals surface area contributed by atoms with Crippen LogP contribution in [-0.2, 0) is 38.3 Å². The maximum atomic E-state index is 13.0. The maximum absolute atomic E-state index is 13.0. The summed E-state index contributed by atoms with van der Waals surface area (Å²) >= 11 is 0. The van der Waals surface area contributed by atoms with Crippen LogP contribution in [0, 0.1) is 56.2 Å². The molecule has 0 aromatic carbocycles. The van der Waals surface area contributed by atoms with Crippen molar-refractivity contribution in [2.45, 2.75) is 204 Å². The predicted octanol–water partition coefficient (Wildman–Crippen LogP) is -0.940. The molecule has 1 unspecified atom stereocenters. The predicted molar refractivity (Wildman–Crippen MR) is 232 cm³/mol. The van der Waals surface area contributed by atoms with Gasteiger partial charge in [0.2, 0.25) is 6.29 Å². The molecule has 5 aliphatic carbocycles. The molecule has 12 N–H and O–H groups in total. The summed E-state index contributed by atoms with van der Waals surface area (Å²) in [5.41, 5.74) is -2.44. The SMILES string of the molecule is C[C@@H]1O[C@@H](O[C@H]2[C@H](OO[C@@H]3[C@@H](O)[C@@H](O)[C@@H](CO)O[C@H]3[C@H]3[C@H](O)C[C@@]4(C)[C@@H](CC[C@]5(C)[C@@H]4CC=C4[C@@H]6CC(C)(C)CC[C@]6(C=O)C(O)C[C@]45C)[C@]3(C)CO)O[C@H](C(=O)O)[C@@H](O)[C@@H]2O)[C@H](O)[C@H](O)[C@H]1O. The van der Waals surface area contributed by atoms with E-state index in [4.69, 9.17) is 28.7 Å². The zero-order chi connectivity index (χ0) is 50.0. The second-order valence-electron chi connectivity index (χ2n) is 23.6. The van der Waals surface area contributed by atoms with Gasteiger partial charge in [-0.2, -0.15) is 0 Å². The van der Waals surface area contributed by atoms with E-state index in [1.54, 1.807) is 0 Å². The molecule has 3 aliphatic heterocycles. The molecule has 0 radical (unpaired) electrons. The lowest BCUT2D eigenvalue weighted by Crippen LogP contribution is -2.71. The van der Waals surface area contributed by atoms with Crippen molar-refractivity contribution in [2.24, 2.45) is 56.2 Å². The number of carbonyl (C=O) groups excluding carboxylic acids is 1. The first-order valence-corrected chi connectivity index (χ1v) is 24.4. The number of carbonyl (C=O) groups is 2. The number of carboxylic acids is 1. The van der Waals surface area contributed by atoms with Crippen molar-refractivity contribution in [1.29, 1.82) is 0 Å². The smallest absolute Gasteiger partial charge is 0.335 e. The first-order chi connectivity index (χ1) is 31.7. The van der Waals surface area contributed by atoms with Gasteiger partial charge in [0, 0.05) is 17.9 Å². The number of aliphatic hydroxyl groups excluding tert-OH is 11. The first-order valence-electron chi connectivity index (χ1n) is 24.4. The van der Waals surface area contributed by atoms with E-state index in [1.807, 2.05) is 6.92 Å². The molecular weight excluding hydrogens is 897 g/mol. The van der Waals surface area contributed by atoms with Gasteiger partial charge < -0.3 is 85.0 Å². The summed E-state index contributed by atoms with van der Waals surface area (Å²) in [4.78, 5) is 36.7. The van der Waals surface area contributed by atoms with Gasteiger partial charge in [-0.25, -0.2) is 14.6 Å². The number of carboxylic acid groups (broad SMARTS) is 1. The summed E-state index contributed by atoms with van der Waals surface area (Å²) in [6, 6.07) is 0. The van der Waals surface area contributed by atoms with Gasteiger partial charge in [0.15, 0.2) is 12.4 Å². The molecule has 0 amide bonds. The van der Waals surface area contributed by atoms with Gasteiger partial charge in [-0.3, -0.25) is 0 Å². The average Bonchev–Trinajstić information content (AvgIpc) is 3.27. The first kappa shape index (κ1) is 52.5. The molecule has 3 saturated heterocycles. The summed E-state index contributed by atoms with van der Waals surface area (Å²) in [5, 5.41) is 133. The van der Waals surface area contributed by atoms with Gasteiger partial charge in [0.1, 0.15) is 67.3 Å². The van der Waals surface area contributed by atoms with Crippen molar-refractivity contribution in [2.75, 3.05) is 13.2 Å². The van der Waals surface area contributed by atoms with E-state index in [2.05, 4.69) is 40.7 Å². The van der Waals surface area contributed by atoms with Gasteiger partial charge in [0.25, 0.3) is 0 Å². The van der Waals surface area contributed by atoms with E-state index in [1.165, 1.54) is 12.5 Å². The summed E-state index contributed by atoms with van der Waals surface area (Å²) in [5.74, 6) is -3.33. The summed E-state index contributed by atoms with van der Waals surface area (Å²) in [6.45, 7) is 13.0. The minimum absolute atomic E-state index is 0.0269. The van der Waals surface area contributed by atoms with Crippen LogP contribution >= 0.6 is 0 Å². The summed E-state index contributed by atoms with van der Waals surface area (Å²) < 4.78 is 23.1. The molecule has 4 saturated carbocycles. The lowest BCUT2D eigenvalue weighted by Gasteiger charge is -2.72. The molecule has 20 nitrogen and oxygen atoms in total. The van der Waals surface area contributed by atoms with Crippen LogP contribution in [0.25, 0.3) is 0 Å². The van der Waals surface area contributed by atoms with Crippen molar-refractivity contribution in [3.8, 4) is 0 Å². The van der Waals surface area contributed by atoms with Crippen molar-refractivity contribution in [3.05, 3.63) is 11.6 Å². The number of ether oxygens (including phenoxy) is 4. The van der Waals surface area contributed by atoms with E-state index in [0.717, 1.165) is 19.1 Å². The molecule has 3 heterocycles. The number of rotatable bonds is 10. The molecule has 20 heteroatoms. The Bertz CT molecular complexity index is 1900. The molecule has 0 aromatic heterocycles. The van der Waals surface area contributed by atoms with Crippen LogP contribution in [0.1, 0.15) is 99.8 Å². The molecule has 68 heavy (non-hydrogen) atoms. The minimum atomic E-state index is -2.15. The van der Waals surface area contributed by atoms with Gasteiger partial charge in [-0.05, 0) is 97.7 Å². The average molecular weight is 973 g/mol. The second-order valence-corrected chi connectivity index (χ2v) is 23.6. The number of allylic oxidation sites excluding steroid dienone is 2. The van der Waals surface area contributed by atoms with Crippen LogP contribution in [0.3, 0.4) is 0 Å². The number of aldehydes is 1. The van der Waals surface area contributed by atoms with Crippen LogP contribution in [0.5, 0.6) is 0 Å². The zero-order valence-corrected chi connectivity index (χ0v) is 40.0. The van der Waals surface area contributed by atoms with Crippen molar-refractivity contribution >= 4 is 12.3 Å². The van der Waals surface area contributed by atoms with Gasteiger partial charge >= 0.3 is 5.97 Å². The lowest BCUT2D eigenvalue weighted by atomic mass is 9.32. The molecule has 388 valence electrons. The Morgan fingerprint density at radius 3 is 2.06 bits per heavy atom. The quantitative estimate of drug-likeness (QED) is 0.0544. The molecule has 0 spiro atoms. The Hall–Kier alpha value is -1.80. The number of hydrogen-bond donors (Lipinski definition) is 12. The minimum Gasteiger partial charge on any atom is -0.479 e. The normalized spacial score (nSPS) is 55.7. The van der Waals surface area contributed by atoms with Crippen LogP contribution in [-0.4, -0.2) is 191 Å². The highest BCUT2D eigenvalue weighted by molar-refractivity contribution is 5.73. The fourth-order valence-electron chi connectivity index (χ4n) is 15.6. The highest BCUT2D eigenvalue weighted by atomic mass is 17.2. The molecule has 0 aromatic rings. The van der Waals surface area contributed by atoms with Crippen LogP contribution in [0.4, 0.5) is 0 Å². The monoisotopic (exact) mass is 972 g/mol. The number of aliphatic carboxylic acids is 1. The van der Waals surface area contributed by atoms with Crippen molar-refractivity contribution < 1.29 is 99.6 Å². The molecule has 8 aliphatic rings. The van der Waals surface area contributed by atoms with E-state index in [-0.39, 0.29) is 29.6 Å². The third-order valence-electron chi connectivity index (χ3n) is 19.6. The van der Waals surface area contributed by atoms with Crippen molar-refractivity contribution in [1.82, 2.24) is 0 Å². The Morgan fingerprint density at radius 2 is 1.43 bits per heavy atom. The fraction of sp³-hybridized carbons (Fsp3) is 0.917. The standard InChI is InChI=1S/C48H76O20/c1-20-29(54)31(56)35(60)41(63-20)66-39-34(59)33(58)38(40(61)62)65-42(39)68-67-37-32(57)30(55)24(17-49)64-36(37)28-23(52)15-44(4)25(45(28,5)18-50)10-11-46(6)26(44)9-8-21-22-14-43(2,3)12-13-48(22,19-51)27(53)16-47(21,46)7/h8,19-20,22-39,41-42,49-50,52-60H,9-18H2,1-7H3,(H,61,62)/t20-,22-,23+,24+,25+,26+,27?,28+,29-,30-,31+,32-,33-,34-,35+,36-,37+,38-,39+,41-,42-,44-,45-,46+,47+,48+/m0/s1. The summed E-state index contributed by atoms with van der Waals surface area (Å²) in [7, 11) is 0. The van der Waals surface area contributed by atoms with Crippen LogP contribution in [0.15, 0.2) is 11.6 Å². The number of hydrogen-bond acceptors (Lipinski definition) is 19. The van der Waals surface area contributed by atoms with Gasteiger partial charge in [0.05, 0.1) is 36.4 Å². The van der Waals surface area contributed by atoms with Gasteiger partial charge in [-0.15, -0.1) is 0 Å². The lowest BCUT2D eigenvalue weighted by molar-refractivity contribution is -0.470. The van der Waals surface area contributed by atoms with Crippen LogP contribution in [0.2, 0.25) is 0 Å². The highest BCUT2D eigenvalue weighted by Crippen LogP contribution is 2.76. The molecule has 8 rings (SSSR count). The summed E-state index contributed by atoms with van der Waals surface area (Å²) in [6.07, 6.45) is -21.2. The van der Waals surface area contributed by atoms with Crippen LogP contribution < -0.4 is 0 Å². The van der Waals surface area contributed by atoms with Crippen molar-refractivity contribution in [3.63, 3.8) is 0 Å². The largest absolute Gasteiger partial charge is 0.479 e. The maximum Gasteiger partial charge on any atom is 0.335 e. The molecule has 26 atom stereocenters. The molecule has 0 bridgehead atoms. The van der Waals surface area contributed by atoms with E-state index >= 15 is 0 Å². The highest BCUT2D eigenvalue weighted by Gasteiger charge is 2.72. The Morgan fingerprint density at radius 1 is 0.750 bits per heavy atom. The fourth-order valence-corrected chi connectivity index (χ4v) is 15.6. The number of fused-ring (bicyclic) bond motifs is 7. The van der Waals surface area contributed by atoms with E-state index in [0.29, 0.717) is 32.1 Å². The third kappa shape index (κ3) is 7.81.